The van der Waals surface area contributed by atoms with E-state index >= 15 is 0 Å². The minimum Gasteiger partial charge on any atom is -0.480 e. The topological polar surface area (TPSA) is 171 Å². The van der Waals surface area contributed by atoms with E-state index in [4.69, 9.17) is 15.9 Å². The fourth-order valence-electron chi connectivity index (χ4n) is 1.34. The Hall–Kier alpha value is -1.85. The molecule has 0 aromatic heterocycles. The van der Waals surface area contributed by atoms with Crippen molar-refractivity contribution in [1.82, 2.24) is 16.0 Å². The molecule has 0 radical (unpaired) electrons. The summed E-state index contributed by atoms with van der Waals surface area (Å²) in [7, 11) is 0. The lowest BCUT2D eigenvalue weighted by atomic mass is 10.2. The lowest BCUT2D eigenvalue weighted by Gasteiger charge is -2.22. The first kappa shape index (κ1) is 21.1. The van der Waals surface area contributed by atoms with Gasteiger partial charge in [0.2, 0.25) is 17.7 Å². The zero-order valence-corrected chi connectivity index (χ0v) is 13.7. The number of aliphatic carboxylic acids is 1. The Morgan fingerprint density at radius 2 is 1.48 bits per heavy atom. The third-order valence-corrected chi connectivity index (χ3v) is 3.14. The van der Waals surface area contributed by atoms with Crippen molar-refractivity contribution >= 4 is 36.3 Å². The number of aliphatic hydroxyl groups is 1. The van der Waals surface area contributed by atoms with E-state index in [1.807, 2.05) is 0 Å². The molecule has 0 heterocycles. The number of carbonyl (C=O) groups excluding carboxylic acids is 3. The van der Waals surface area contributed by atoms with E-state index in [9.17, 15) is 19.2 Å². The van der Waals surface area contributed by atoms with E-state index in [2.05, 4.69) is 28.6 Å². The van der Waals surface area contributed by atoms with Gasteiger partial charge in [-0.2, -0.15) is 12.6 Å². The smallest absolute Gasteiger partial charge is 0.325 e. The zero-order valence-electron chi connectivity index (χ0n) is 12.8. The molecular formula is C12H22N4O6S. The fraction of sp³-hybridized carbons (Fsp3) is 0.667. The van der Waals surface area contributed by atoms with Crippen LogP contribution in [0.2, 0.25) is 0 Å². The minimum absolute atomic E-state index is 0.108. The van der Waals surface area contributed by atoms with Crippen molar-refractivity contribution in [3.05, 3.63) is 0 Å². The number of nitrogens with two attached hydrogens (primary N) is 1. The number of thiol groups is 1. The van der Waals surface area contributed by atoms with Crippen LogP contribution in [0.5, 0.6) is 0 Å². The van der Waals surface area contributed by atoms with Gasteiger partial charge in [0.15, 0.2) is 0 Å². The number of hydrogen-bond acceptors (Lipinski definition) is 7. The molecule has 0 aromatic rings. The maximum atomic E-state index is 12.0. The average molecular weight is 350 g/mol. The van der Waals surface area contributed by atoms with E-state index in [-0.39, 0.29) is 5.75 Å². The highest BCUT2D eigenvalue weighted by Gasteiger charge is 2.27. The number of carboxylic acids is 1. The van der Waals surface area contributed by atoms with E-state index < -0.39 is 54.5 Å². The van der Waals surface area contributed by atoms with Gasteiger partial charge in [-0.05, 0) is 13.8 Å². The van der Waals surface area contributed by atoms with Gasteiger partial charge in [0.1, 0.15) is 18.1 Å². The molecule has 0 aromatic carbocycles. The van der Waals surface area contributed by atoms with Gasteiger partial charge in [0.25, 0.3) is 0 Å². The van der Waals surface area contributed by atoms with Crippen LogP contribution in [0.1, 0.15) is 13.8 Å². The van der Waals surface area contributed by atoms with Crippen LogP contribution in [-0.2, 0) is 19.2 Å². The quantitative estimate of drug-likeness (QED) is 0.215. The van der Waals surface area contributed by atoms with Crippen LogP contribution in [0.15, 0.2) is 0 Å². The Labute approximate surface area is 138 Å². The van der Waals surface area contributed by atoms with Crippen molar-refractivity contribution in [3.8, 4) is 0 Å². The van der Waals surface area contributed by atoms with Crippen molar-refractivity contribution in [1.29, 1.82) is 0 Å². The zero-order chi connectivity index (χ0) is 18.2. The third-order valence-electron chi connectivity index (χ3n) is 2.77. The summed E-state index contributed by atoms with van der Waals surface area (Å²) in [5, 5.41) is 24.6. The minimum atomic E-state index is -1.29. The first-order valence-electron chi connectivity index (χ1n) is 6.75. The van der Waals surface area contributed by atoms with Crippen LogP contribution in [0, 0.1) is 0 Å². The first-order chi connectivity index (χ1) is 10.6. The van der Waals surface area contributed by atoms with E-state index in [0.717, 1.165) is 0 Å². The molecule has 3 amide bonds. The van der Waals surface area contributed by atoms with Crippen LogP contribution >= 0.6 is 12.6 Å². The summed E-state index contributed by atoms with van der Waals surface area (Å²) < 4.78 is 0. The summed E-state index contributed by atoms with van der Waals surface area (Å²) in [5.74, 6) is -3.56. The molecular weight excluding hydrogens is 328 g/mol. The standard InChI is InChI=1S/C12H22N4O6S/c1-5(13)9(18)15-7(3-17)10(19)16-8(4-23)11(20)14-6(2)12(21)22/h5-8,17,23H,3-4,13H2,1-2H3,(H,14,20)(H,15,18)(H,16,19)(H,21,22). The highest BCUT2D eigenvalue weighted by atomic mass is 32.1. The van der Waals surface area contributed by atoms with Gasteiger partial charge in [-0.3, -0.25) is 19.2 Å². The molecule has 0 saturated carbocycles. The maximum Gasteiger partial charge on any atom is 0.325 e. The number of aliphatic hydroxyl groups excluding tert-OH is 1. The summed E-state index contributed by atoms with van der Waals surface area (Å²) in [5.41, 5.74) is 5.34. The molecule has 0 fully saturated rings. The van der Waals surface area contributed by atoms with E-state index in [0.29, 0.717) is 0 Å². The SMILES string of the molecule is CC(N)C(=O)NC(CO)C(=O)NC(CS)C(=O)NC(C)C(=O)O. The van der Waals surface area contributed by atoms with Gasteiger partial charge in [-0.25, -0.2) is 0 Å². The van der Waals surface area contributed by atoms with Crippen LogP contribution < -0.4 is 21.7 Å². The van der Waals surface area contributed by atoms with E-state index in [1.54, 1.807) is 0 Å². The van der Waals surface area contributed by atoms with Gasteiger partial charge in [0, 0.05) is 5.75 Å². The Bertz CT molecular complexity index is 459. The predicted octanol–water partition coefficient (Wildman–Crippen LogP) is -3.19. The van der Waals surface area contributed by atoms with Gasteiger partial charge < -0.3 is 31.9 Å². The Morgan fingerprint density at radius 3 is 1.87 bits per heavy atom. The van der Waals surface area contributed by atoms with Gasteiger partial charge >= 0.3 is 5.97 Å². The number of amides is 3. The summed E-state index contributed by atoms with van der Waals surface area (Å²) in [6.45, 7) is 1.96. The van der Waals surface area contributed by atoms with Crippen LogP contribution in [-0.4, -0.2) is 70.4 Å². The number of nitrogens with one attached hydrogen (secondary N) is 3. The number of hydrogen-bond donors (Lipinski definition) is 7. The molecule has 23 heavy (non-hydrogen) atoms. The molecule has 0 aliphatic heterocycles. The van der Waals surface area contributed by atoms with Crippen molar-refractivity contribution < 1.29 is 29.4 Å². The average Bonchev–Trinajstić information content (AvgIpc) is 2.48. The molecule has 4 unspecified atom stereocenters. The maximum absolute atomic E-state index is 12.0. The third kappa shape index (κ3) is 7.30. The van der Waals surface area contributed by atoms with Crippen LogP contribution in [0.25, 0.3) is 0 Å². The van der Waals surface area contributed by atoms with Gasteiger partial charge in [0.05, 0.1) is 12.6 Å². The molecule has 0 bridgehead atoms. The molecule has 0 aliphatic rings. The summed E-state index contributed by atoms with van der Waals surface area (Å²) >= 11 is 3.91. The molecule has 11 heteroatoms. The lowest BCUT2D eigenvalue weighted by molar-refractivity contribution is -0.141. The molecule has 0 aliphatic carbocycles. The Balaban J connectivity index is 4.76. The number of rotatable bonds is 9. The van der Waals surface area contributed by atoms with Crippen LogP contribution in [0.3, 0.4) is 0 Å². The second kappa shape index (κ2) is 10.0. The molecule has 0 spiro atoms. The van der Waals surface area contributed by atoms with Crippen molar-refractivity contribution in [2.45, 2.75) is 38.0 Å². The van der Waals surface area contributed by atoms with Crippen molar-refractivity contribution in [3.63, 3.8) is 0 Å². The summed E-state index contributed by atoms with van der Waals surface area (Å²) in [4.78, 5) is 46.0. The van der Waals surface area contributed by atoms with Gasteiger partial charge in [-0.1, -0.05) is 0 Å². The summed E-state index contributed by atoms with van der Waals surface area (Å²) in [6.07, 6.45) is 0. The Morgan fingerprint density at radius 1 is 1.00 bits per heavy atom. The monoisotopic (exact) mass is 350 g/mol. The summed E-state index contributed by atoms with van der Waals surface area (Å²) in [6, 6.07) is -4.44. The molecule has 7 N–H and O–H groups in total. The first-order valence-corrected chi connectivity index (χ1v) is 7.38. The fourth-order valence-corrected chi connectivity index (χ4v) is 1.60. The Kier molecular flexibility index (Phi) is 9.22. The lowest BCUT2D eigenvalue weighted by Crippen LogP contribution is -2.58. The molecule has 0 rings (SSSR count). The normalized spacial score (nSPS) is 15.7. The predicted molar refractivity (Wildman–Crippen MR) is 83.7 cm³/mol. The highest BCUT2D eigenvalue weighted by molar-refractivity contribution is 7.80. The highest BCUT2D eigenvalue weighted by Crippen LogP contribution is 1.94. The largest absolute Gasteiger partial charge is 0.480 e. The van der Waals surface area contributed by atoms with E-state index in [1.165, 1.54) is 13.8 Å². The van der Waals surface area contributed by atoms with Crippen LogP contribution in [0.4, 0.5) is 0 Å². The second-order valence-corrected chi connectivity index (χ2v) is 5.21. The molecule has 132 valence electrons. The number of carbonyl (C=O) groups is 4. The molecule has 10 nitrogen and oxygen atoms in total. The molecule has 4 atom stereocenters. The van der Waals surface area contributed by atoms with Crippen molar-refractivity contribution in [2.75, 3.05) is 12.4 Å². The van der Waals surface area contributed by atoms with Crippen molar-refractivity contribution in [2.24, 2.45) is 5.73 Å². The van der Waals surface area contributed by atoms with Gasteiger partial charge in [-0.15, -0.1) is 0 Å². The number of carboxylic acid groups (broad SMARTS) is 1. The molecule has 0 saturated heterocycles. The second-order valence-electron chi connectivity index (χ2n) is 4.84.